The summed E-state index contributed by atoms with van der Waals surface area (Å²) in [6.45, 7) is 3.37. The van der Waals surface area contributed by atoms with Crippen molar-refractivity contribution in [3.63, 3.8) is 0 Å². The third-order valence-electron chi connectivity index (χ3n) is 4.41. The fourth-order valence-electron chi connectivity index (χ4n) is 2.93. The molecule has 0 spiro atoms. The van der Waals surface area contributed by atoms with Crippen LogP contribution in [0.3, 0.4) is 0 Å². The third kappa shape index (κ3) is 3.69. The molecule has 3 heterocycles. The van der Waals surface area contributed by atoms with E-state index in [1.807, 2.05) is 24.2 Å². The van der Waals surface area contributed by atoms with Crippen molar-refractivity contribution in [2.45, 2.75) is 38.4 Å². The van der Waals surface area contributed by atoms with E-state index in [1.165, 1.54) is 18.0 Å². The fraction of sp³-hybridized carbons (Fsp3) is 0.562. The molecule has 0 aromatic carbocycles. The summed E-state index contributed by atoms with van der Waals surface area (Å²) in [5.74, 6) is 0.415. The standard InChI is InChI=1S/C16H20F3N5O/c1-3-11-8-20-15(21-9-11)23-6-4-12(5-7-23)24-10-13(25-2)14(22-24)16(17,18)19/h8-10,12H,3-7H2,1-2H3. The molecule has 0 amide bonds. The Labute approximate surface area is 143 Å². The highest BCUT2D eigenvalue weighted by Gasteiger charge is 2.39. The lowest BCUT2D eigenvalue weighted by Gasteiger charge is -2.32. The number of anilines is 1. The Morgan fingerprint density at radius 3 is 2.32 bits per heavy atom. The first-order valence-electron chi connectivity index (χ1n) is 8.18. The first-order chi connectivity index (χ1) is 11.9. The minimum absolute atomic E-state index is 0.101. The average molecular weight is 355 g/mol. The zero-order chi connectivity index (χ0) is 18.0. The van der Waals surface area contributed by atoms with Gasteiger partial charge in [-0.25, -0.2) is 9.97 Å². The number of piperidine rings is 1. The van der Waals surface area contributed by atoms with Crippen molar-refractivity contribution in [1.29, 1.82) is 0 Å². The molecule has 136 valence electrons. The highest BCUT2D eigenvalue weighted by molar-refractivity contribution is 5.31. The predicted octanol–water partition coefficient (Wildman–Crippen LogP) is 3.10. The van der Waals surface area contributed by atoms with Crippen LogP contribution in [-0.4, -0.2) is 39.9 Å². The molecule has 0 radical (unpaired) electrons. The van der Waals surface area contributed by atoms with Crippen LogP contribution in [-0.2, 0) is 12.6 Å². The fourth-order valence-corrected chi connectivity index (χ4v) is 2.93. The normalized spacial score (nSPS) is 16.3. The van der Waals surface area contributed by atoms with Crippen LogP contribution in [0.5, 0.6) is 5.75 Å². The molecule has 9 heteroatoms. The summed E-state index contributed by atoms with van der Waals surface area (Å²) in [5.41, 5.74) is 0.0952. The number of hydrogen-bond donors (Lipinski definition) is 0. The summed E-state index contributed by atoms with van der Waals surface area (Å²) in [6.07, 6.45) is 2.64. The van der Waals surface area contributed by atoms with Crippen molar-refractivity contribution < 1.29 is 17.9 Å². The molecule has 0 saturated carbocycles. The van der Waals surface area contributed by atoms with E-state index in [4.69, 9.17) is 4.74 Å². The molecule has 25 heavy (non-hydrogen) atoms. The van der Waals surface area contributed by atoms with Gasteiger partial charge in [0.25, 0.3) is 0 Å². The zero-order valence-electron chi connectivity index (χ0n) is 14.1. The van der Waals surface area contributed by atoms with Crippen molar-refractivity contribution >= 4 is 5.95 Å². The van der Waals surface area contributed by atoms with Gasteiger partial charge < -0.3 is 9.64 Å². The Hall–Kier alpha value is -2.32. The van der Waals surface area contributed by atoms with Gasteiger partial charge >= 0.3 is 6.18 Å². The van der Waals surface area contributed by atoms with E-state index in [2.05, 4.69) is 15.1 Å². The van der Waals surface area contributed by atoms with Crippen molar-refractivity contribution in [2.24, 2.45) is 0 Å². The van der Waals surface area contributed by atoms with Crippen LogP contribution in [0.15, 0.2) is 18.6 Å². The minimum Gasteiger partial charge on any atom is -0.493 e. The molecule has 1 fully saturated rings. The zero-order valence-corrected chi connectivity index (χ0v) is 14.1. The molecule has 0 bridgehead atoms. The summed E-state index contributed by atoms with van der Waals surface area (Å²) >= 11 is 0. The van der Waals surface area contributed by atoms with E-state index in [9.17, 15) is 13.2 Å². The molecule has 0 atom stereocenters. The van der Waals surface area contributed by atoms with Gasteiger partial charge in [0, 0.05) is 25.5 Å². The SMILES string of the molecule is CCc1cnc(N2CCC(n3cc(OC)c(C(F)(F)F)n3)CC2)nc1. The lowest BCUT2D eigenvalue weighted by atomic mass is 10.1. The van der Waals surface area contributed by atoms with Gasteiger partial charge in [0.15, 0.2) is 5.75 Å². The van der Waals surface area contributed by atoms with E-state index in [0.29, 0.717) is 31.9 Å². The van der Waals surface area contributed by atoms with Gasteiger partial charge in [-0.05, 0) is 24.8 Å². The summed E-state index contributed by atoms with van der Waals surface area (Å²) < 4.78 is 45.1. The van der Waals surface area contributed by atoms with Crippen molar-refractivity contribution in [3.05, 3.63) is 29.8 Å². The Morgan fingerprint density at radius 2 is 1.84 bits per heavy atom. The highest BCUT2D eigenvalue weighted by atomic mass is 19.4. The second kappa shape index (κ2) is 6.89. The highest BCUT2D eigenvalue weighted by Crippen LogP contribution is 2.36. The van der Waals surface area contributed by atoms with Crippen LogP contribution < -0.4 is 9.64 Å². The number of halogens is 3. The van der Waals surface area contributed by atoms with Crippen LogP contribution in [0.4, 0.5) is 19.1 Å². The topological polar surface area (TPSA) is 56.1 Å². The molecule has 2 aromatic rings. The maximum Gasteiger partial charge on any atom is 0.438 e. The first-order valence-corrected chi connectivity index (χ1v) is 8.18. The Kier molecular flexibility index (Phi) is 4.82. The summed E-state index contributed by atoms with van der Waals surface area (Å²) in [6, 6.07) is -0.101. The van der Waals surface area contributed by atoms with Crippen LogP contribution in [0.1, 0.15) is 37.1 Å². The summed E-state index contributed by atoms with van der Waals surface area (Å²) in [7, 11) is 1.22. The Bertz CT molecular complexity index is 706. The van der Waals surface area contributed by atoms with E-state index in [-0.39, 0.29) is 11.8 Å². The predicted molar refractivity (Wildman–Crippen MR) is 85.7 cm³/mol. The number of hydrogen-bond acceptors (Lipinski definition) is 5. The molecule has 0 N–H and O–H groups in total. The van der Waals surface area contributed by atoms with Crippen LogP contribution in [0.25, 0.3) is 0 Å². The molecular formula is C16H20F3N5O. The molecule has 1 aliphatic heterocycles. The maximum absolute atomic E-state index is 13.0. The Balaban J connectivity index is 1.68. The molecule has 3 rings (SSSR count). The smallest absolute Gasteiger partial charge is 0.438 e. The number of rotatable bonds is 4. The molecular weight excluding hydrogens is 335 g/mol. The largest absolute Gasteiger partial charge is 0.493 e. The summed E-state index contributed by atoms with van der Waals surface area (Å²) in [5, 5.41) is 3.71. The van der Waals surface area contributed by atoms with E-state index >= 15 is 0 Å². The summed E-state index contributed by atoms with van der Waals surface area (Å²) in [4.78, 5) is 10.8. The molecule has 6 nitrogen and oxygen atoms in total. The number of nitrogens with zero attached hydrogens (tertiary/aromatic N) is 5. The van der Waals surface area contributed by atoms with Gasteiger partial charge in [-0.3, -0.25) is 4.68 Å². The van der Waals surface area contributed by atoms with Gasteiger partial charge in [-0.15, -0.1) is 0 Å². The minimum atomic E-state index is -4.52. The number of alkyl halides is 3. The van der Waals surface area contributed by atoms with Crippen molar-refractivity contribution in [2.75, 3.05) is 25.1 Å². The van der Waals surface area contributed by atoms with E-state index in [0.717, 1.165) is 12.0 Å². The number of methoxy groups -OCH3 is 1. The van der Waals surface area contributed by atoms with Crippen LogP contribution in [0, 0.1) is 0 Å². The number of ether oxygens (including phenoxy) is 1. The van der Waals surface area contributed by atoms with Gasteiger partial charge in [0.05, 0.1) is 19.3 Å². The second-order valence-corrected chi connectivity index (χ2v) is 5.99. The molecule has 1 saturated heterocycles. The monoisotopic (exact) mass is 355 g/mol. The van der Waals surface area contributed by atoms with Gasteiger partial charge in [0.2, 0.25) is 11.6 Å². The number of aryl methyl sites for hydroxylation is 1. The van der Waals surface area contributed by atoms with Gasteiger partial charge in [0.1, 0.15) is 0 Å². The second-order valence-electron chi connectivity index (χ2n) is 5.99. The van der Waals surface area contributed by atoms with E-state index < -0.39 is 11.9 Å². The Morgan fingerprint density at radius 1 is 1.20 bits per heavy atom. The average Bonchev–Trinajstić information content (AvgIpc) is 3.07. The maximum atomic E-state index is 13.0. The molecule has 1 aliphatic rings. The third-order valence-corrected chi connectivity index (χ3v) is 4.41. The molecule has 2 aromatic heterocycles. The molecule has 0 aliphatic carbocycles. The van der Waals surface area contributed by atoms with Crippen LogP contribution in [0.2, 0.25) is 0 Å². The molecule has 0 unspecified atom stereocenters. The lowest BCUT2D eigenvalue weighted by Crippen LogP contribution is -2.36. The van der Waals surface area contributed by atoms with Crippen LogP contribution >= 0.6 is 0 Å². The number of aromatic nitrogens is 4. The first kappa shape index (κ1) is 17.5. The van der Waals surface area contributed by atoms with Crippen molar-refractivity contribution in [3.8, 4) is 5.75 Å². The lowest BCUT2D eigenvalue weighted by molar-refractivity contribution is -0.142. The van der Waals surface area contributed by atoms with E-state index in [1.54, 1.807) is 0 Å². The van der Waals surface area contributed by atoms with Gasteiger partial charge in [-0.2, -0.15) is 18.3 Å². The quantitative estimate of drug-likeness (QED) is 0.844. The van der Waals surface area contributed by atoms with Crippen molar-refractivity contribution in [1.82, 2.24) is 19.7 Å². The van der Waals surface area contributed by atoms with Gasteiger partial charge in [-0.1, -0.05) is 6.92 Å².